The molecule has 0 spiro atoms. The van der Waals surface area contributed by atoms with Crippen LogP contribution in [0.1, 0.15) is 10.4 Å². The molecule has 0 unspecified atom stereocenters. The molecule has 1 aromatic heterocycles. The number of halogens is 3. The molecule has 3 nitrogen and oxygen atoms in total. The van der Waals surface area contributed by atoms with Gasteiger partial charge in [-0.1, -0.05) is 23.2 Å². The van der Waals surface area contributed by atoms with Crippen LogP contribution in [0.25, 0.3) is 0 Å². The maximum Gasteiger partial charge on any atom is 0.188 e. The third-order valence-corrected chi connectivity index (χ3v) is 3.58. The predicted molar refractivity (Wildman–Crippen MR) is 90.5 cm³/mol. The molecule has 0 aliphatic carbocycles. The lowest BCUT2D eigenvalue weighted by molar-refractivity contribution is 0.104. The smallest absolute Gasteiger partial charge is 0.188 e. The molecule has 0 saturated carbocycles. The number of pyridine rings is 1. The summed E-state index contributed by atoms with van der Waals surface area (Å²) in [6.45, 7) is 0. The molecule has 0 saturated heterocycles. The van der Waals surface area contributed by atoms with Gasteiger partial charge in [0.05, 0.1) is 5.02 Å². The van der Waals surface area contributed by atoms with Crippen molar-refractivity contribution in [3.05, 3.63) is 68.0 Å². The van der Waals surface area contributed by atoms with Crippen LogP contribution in [-0.2, 0) is 0 Å². The number of hydrogen-bond donors (Lipinski definition) is 1. The number of nitrogens with zero attached hydrogens (tertiary/aromatic N) is 1. The zero-order valence-electron chi connectivity index (χ0n) is 10.1. The van der Waals surface area contributed by atoms with Crippen LogP contribution < -0.4 is 5.32 Å². The molecule has 0 bridgehead atoms. The number of benzene rings is 1. The molecule has 1 N–H and O–H groups in total. The Morgan fingerprint density at radius 1 is 1.25 bits per heavy atom. The highest BCUT2D eigenvalue weighted by atomic mass is 127. The summed E-state index contributed by atoms with van der Waals surface area (Å²) in [7, 11) is 0. The van der Waals surface area contributed by atoms with E-state index in [2.05, 4.69) is 32.9 Å². The van der Waals surface area contributed by atoms with Gasteiger partial charge in [-0.15, -0.1) is 0 Å². The zero-order valence-corrected chi connectivity index (χ0v) is 13.8. The maximum atomic E-state index is 11.9. The summed E-state index contributed by atoms with van der Waals surface area (Å²) in [5.74, 6) is 0.460. The third kappa shape index (κ3) is 4.19. The summed E-state index contributed by atoms with van der Waals surface area (Å²) in [4.78, 5) is 16.1. The lowest BCUT2D eigenvalue weighted by Gasteiger charge is -2.01. The molecule has 0 aliphatic rings. The molecule has 102 valence electrons. The van der Waals surface area contributed by atoms with Gasteiger partial charge in [-0.3, -0.25) is 4.79 Å². The summed E-state index contributed by atoms with van der Waals surface area (Å²) < 4.78 is 1.04. The Morgan fingerprint density at radius 3 is 2.70 bits per heavy atom. The molecule has 0 fully saturated rings. The monoisotopic (exact) mass is 418 g/mol. The van der Waals surface area contributed by atoms with Crippen molar-refractivity contribution in [3.8, 4) is 0 Å². The van der Waals surface area contributed by atoms with Crippen LogP contribution in [-0.4, -0.2) is 10.8 Å². The van der Waals surface area contributed by atoms with Gasteiger partial charge in [0.1, 0.15) is 5.82 Å². The number of hydrogen-bond acceptors (Lipinski definition) is 3. The molecule has 6 heteroatoms. The average Bonchev–Trinajstić information content (AvgIpc) is 2.41. The van der Waals surface area contributed by atoms with Crippen molar-refractivity contribution in [2.45, 2.75) is 0 Å². The first-order chi connectivity index (χ1) is 9.56. The number of nitrogens with one attached hydrogen (secondary N) is 1. The minimum Gasteiger partial charge on any atom is -0.347 e. The topological polar surface area (TPSA) is 42.0 Å². The Bertz CT molecular complexity index is 657. The van der Waals surface area contributed by atoms with Crippen molar-refractivity contribution in [2.24, 2.45) is 0 Å². The van der Waals surface area contributed by atoms with Gasteiger partial charge >= 0.3 is 0 Å². The second-order valence-corrected chi connectivity index (χ2v) is 5.92. The first-order valence-corrected chi connectivity index (χ1v) is 7.44. The fraction of sp³-hybridized carbons (Fsp3) is 0. The number of aromatic nitrogens is 1. The van der Waals surface area contributed by atoms with Crippen LogP contribution in [0, 0.1) is 3.57 Å². The molecule has 0 radical (unpaired) electrons. The van der Waals surface area contributed by atoms with E-state index in [9.17, 15) is 4.79 Å². The minimum absolute atomic E-state index is 0.204. The number of carbonyl (C=O) groups is 1. The Balaban J connectivity index is 2.04. The van der Waals surface area contributed by atoms with E-state index in [1.54, 1.807) is 18.3 Å². The molecule has 2 aromatic rings. The van der Waals surface area contributed by atoms with Crippen LogP contribution in [0.3, 0.4) is 0 Å². The molecule has 2 rings (SSSR count). The third-order valence-electron chi connectivity index (χ3n) is 2.39. The van der Waals surface area contributed by atoms with Crippen molar-refractivity contribution >= 4 is 57.4 Å². The van der Waals surface area contributed by atoms with Gasteiger partial charge in [-0.2, -0.15) is 0 Å². The second kappa shape index (κ2) is 7.06. The van der Waals surface area contributed by atoms with Gasteiger partial charge in [0.15, 0.2) is 5.78 Å². The highest BCUT2D eigenvalue weighted by molar-refractivity contribution is 14.1. The number of carbonyl (C=O) groups excluding carboxylic acids is 1. The molecule has 0 aliphatic heterocycles. The quantitative estimate of drug-likeness (QED) is 0.440. The number of allylic oxidation sites excluding steroid dienone is 1. The average molecular weight is 419 g/mol. The zero-order chi connectivity index (χ0) is 14.5. The highest BCUT2D eigenvalue weighted by Crippen LogP contribution is 2.21. The fourth-order valence-electron chi connectivity index (χ4n) is 1.44. The molecular weight excluding hydrogens is 410 g/mol. The predicted octanol–water partition coefficient (Wildman–Crippen LogP) is 4.80. The van der Waals surface area contributed by atoms with Crippen molar-refractivity contribution in [1.29, 1.82) is 0 Å². The van der Waals surface area contributed by atoms with E-state index in [0.29, 0.717) is 21.4 Å². The maximum absolute atomic E-state index is 11.9. The summed E-state index contributed by atoms with van der Waals surface area (Å²) in [6.07, 6.45) is 4.66. The normalized spacial score (nSPS) is 10.8. The van der Waals surface area contributed by atoms with E-state index in [-0.39, 0.29) is 5.78 Å². The number of ketones is 1. The number of anilines is 1. The van der Waals surface area contributed by atoms with Gasteiger partial charge in [0, 0.05) is 32.6 Å². The molecule has 1 heterocycles. The van der Waals surface area contributed by atoms with Crippen molar-refractivity contribution in [1.82, 2.24) is 4.98 Å². The van der Waals surface area contributed by atoms with E-state index in [4.69, 9.17) is 23.2 Å². The number of rotatable bonds is 4. The summed E-state index contributed by atoms with van der Waals surface area (Å²) in [5, 5.41) is 3.75. The summed E-state index contributed by atoms with van der Waals surface area (Å²) in [5.41, 5.74) is 0.407. The lowest BCUT2D eigenvalue weighted by Crippen LogP contribution is -1.98. The standard InChI is InChI=1S/C14H9Cl2IN2O/c15-9-1-3-11(12(16)7-9)13(20)5-6-18-14-4-2-10(17)8-19-14/h1-8H,(H,18,19)/b6-5+. The largest absolute Gasteiger partial charge is 0.347 e. The first kappa shape index (κ1) is 15.3. The van der Waals surface area contributed by atoms with E-state index >= 15 is 0 Å². The second-order valence-electron chi connectivity index (χ2n) is 3.83. The van der Waals surface area contributed by atoms with Gasteiger partial charge in [-0.05, 0) is 52.9 Å². The van der Waals surface area contributed by atoms with Gasteiger partial charge in [-0.25, -0.2) is 4.98 Å². The summed E-state index contributed by atoms with van der Waals surface area (Å²) >= 11 is 13.9. The van der Waals surface area contributed by atoms with E-state index in [0.717, 1.165) is 3.57 Å². The van der Waals surface area contributed by atoms with Crippen LogP contribution in [0.4, 0.5) is 5.82 Å². The van der Waals surface area contributed by atoms with E-state index in [1.807, 2.05) is 12.1 Å². The summed E-state index contributed by atoms with van der Waals surface area (Å²) in [6, 6.07) is 8.51. The van der Waals surface area contributed by atoms with Gasteiger partial charge in [0.25, 0.3) is 0 Å². The molecule has 0 atom stereocenters. The molecule has 20 heavy (non-hydrogen) atoms. The van der Waals surface area contributed by atoms with Gasteiger partial charge in [0.2, 0.25) is 0 Å². The van der Waals surface area contributed by atoms with Gasteiger partial charge < -0.3 is 5.32 Å². The van der Waals surface area contributed by atoms with Crippen LogP contribution in [0.2, 0.25) is 10.0 Å². The van der Waals surface area contributed by atoms with E-state index in [1.165, 1.54) is 18.3 Å². The molecule has 0 amide bonds. The molecular formula is C14H9Cl2IN2O. The Morgan fingerprint density at radius 2 is 2.05 bits per heavy atom. The minimum atomic E-state index is -0.204. The Labute approximate surface area is 140 Å². The Hall–Kier alpha value is -1.11. The van der Waals surface area contributed by atoms with Crippen molar-refractivity contribution in [3.63, 3.8) is 0 Å². The first-order valence-electron chi connectivity index (χ1n) is 5.60. The van der Waals surface area contributed by atoms with E-state index < -0.39 is 0 Å². The van der Waals surface area contributed by atoms with Crippen LogP contribution in [0.5, 0.6) is 0 Å². The highest BCUT2D eigenvalue weighted by Gasteiger charge is 2.07. The lowest BCUT2D eigenvalue weighted by atomic mass is 10.1. The molecule has 1 aromatic carbocycles. The van der Waals surface area contributed by atoms with Crippen molar-refractivity contribution in [2.75, 3.05) is 5.32 Å². The van der Waals surface area contributed by atoms with Crippen LogP contribution in [0.15, 0.2) is 48.8 Å². The SMILES string of the molecule is O=C(/C=C/Nc1ccc(I)cn1)c1ccc(Cl)cc1Cl. The fourth-order valence-corrected chi connectivity index (χ4v) is 2.26. The van der Waals surface area contributed by atoms with Crippen molar-refractivity contribution < 1.29 is 4.79 Å². The Kier molecular flexibility index (Phi) is 5.39. The van der Waals surface area contributed by atoms with Crippen LogP contribution >= 0.6 is 45.8 Å².